The fourth-order valence-electron chi connectivity index (χ4n) is 3.23. The molecule has 0 unspecified atom stereocenters. The van der Waals surface area contributed by atoms with Crippen LogP contribution in [0.5, 0.6) is 0 Å². The molecule has 21 heavy (non-hydrogen) atoms. The number of benzene rings is 1. The molecular formula is C15H26Cl3N3. The van der Waals surface area contributed by atoms with Gasteiger partial charge in [0.25, 0.3) is 0 Å². The number of halogens is 3. The lowest BCUT2D eigenvalue weighted by Gasteiger charge is -2.18. The van der Waals surface area contributed by atoms with Crippen molar-refractivity contribution in [1.29, 1.82) is 0 Å². The molecule has 2 saturated heterocycles. The summed E-state index contributed by atoms with van der Waals surface area (Å²) in [6, 6.07) is 9.70. The van der Waals surface area contributed by atoms with Crippen LogP contribution < -0.4 is 10.2 Å². The zero-order chi connectivity index (χ0) is 12.5. The van der Waals surface area contributed by atoms with Gasteiger partial charge in [-0.3, -0.25) is 4.90 Å². The molecule has 3 rings (SSSR count). The number of nitrogens with one attached hydrogen (secondary N) is 1. The van der Waals surface area contributed by atoms with Gasteiger partial charge >= 0.3 is 0 Å². The van der Waals surface area contributed by atoms with E-state index in [0.29, 0.717) is 0 Å². The Kier molecular flexibility index (Phi) is 8.98. The van der Waals surface area contributed by atoms with E-state index in [4.69, 9.17) is 0 Å². The maximum atomic E-state index is 3.61. The van der Waals surface area contributed by atoms with Gasteiger partial charge in [0.15, 0.2) is 0 Å². The largest absolute Gasteiger partial charge is 0.378 e. The monoisotopic (exact) mass is 353 g/mol. The Balaban J connectivity index is 0.00000133. The first-order chi connectivity index (χ1) is 8.72. The molecule has 2 heterocycles. The average molecular weight is 355 g/mol. The van der Waals surface area contributed by atoms with Gasteiger partial charge in [-0.2, -0.15) is 0 Å². The molecule has 1 aromatic carbocycles. The van der Waals surface area contributed by atoms with Crippen LogP contribution in [0.1, 0.15) is 12.0 Å². The molecule has 122 valence electrons. The summed E-state index contributed by atoms with van der Waals surface area (Å²) in [7, 11) is 4.17. The zero-order valence-corrected chi connectivity index (χ0v) is 15.1. The van der Waals surface area contributed by atoms with Gasteiger partial charge in [-0.05, 0) is 36.6 Å². The molecule has 0 amide bonds. The highest BCUT2D eigenvalue weighted by Crippen LogP contribution is 2.26. The normalized spacial score (nSPS) is 23.5. The smallest absolute Gasteiger partial charge is 0.0361 e. The first-order valence-electron chi connectivity index (χ1n) is 6.94. The van der Waals surface area contributed by atoms with Crippen LogP contribution in [0, 0.1) is 5.92 Å². The van der Waals surface area contributed by atoms with Crippen molar-refractivity contribution in [1.82, 2.24) is 10.2 Å². The molecule has 3 nitrogen and oxygen atoms in total. The van der Waals surface area contributed by atoms with Gasteiger partial charge < -0.3 is 10.2 Å². The lowest BCUT2D eigenvalue weighted by molar-refractivity contribution is 0.307. The van der Waals surface area contributed by atoms with Crippen molar-refractivity contribution >= 4 is 42.9 Å². The fourth-order valence-corrected chi connectivity index (χ4v) is 3.23. The SMILES string of the molecule is CN(C)c1ccc(CN2C[C@H]3CCN[C@H]3C2)cc1.Cl.Cl.Cl. The van der Waals surface area contributed by atoms with E-state index in [1.165, 1.54) is 37.3 Å². The Hall–Kier alpha value is -0.190. The van der Waals surface area contributed by atoms with E-state index >= 15 is 0 Å². The molecule has 0 aliphatic carbocycles. The number of nitrogens with zero attached hydrogens (tertiary/aromatic N) is 2. The molecule has 0 radical (unpaired) electrons. The van der Waals surface area contributed by atoms with Gasteiger partial charge in [0, 0.05) is 45.5 Å². The van der Waals surface area contributed by atoms with Crippen LogP contribution in [0.25, 0.3) is 0 Å². The number of hydrogen-bond acceptors (Lipinski definition) is 3. The van der Waals surface area contributed by atoms with Gasteiger partial charge in [0.05, 0.1) is 0 Å². The van der Waals surface area contributed by atoms with Crippen LogP contribution in [-0.2, 0) is 6.54 Å². The summed E-state index contributed by atoms with van der Waals surface area (Å²) in [5.74, 6) is 0.894. The van der Waals surface area contributed by atoms with E-state index in [0.717, 1.165) is 18.5 Å². The van der Waals surface area contributed by atoms with Gasteiger partial charge in [-0.15, -0.1) is 37.2 Å². The highest BCUT2D eigenvalue weighted by Gasteiger charge is 2.35. The molecule has 1 aromatic rings. The number of fused-ring (bicyclic) bond motifs is 1. The van der Waals surface area contributed by atoms with E-state index in [2.05, 4.69) is 53.5 Å². The van der Waals surface area contributed by atoms with Crippen LogP contribution in [0.2, 0.25) is 0 Å². The number of hydrogen-bond donors (Lipinski definition) is 1. The molecule has 0 aromatic heterocycles. The van der Waals surface area contributed by atoms with Gasteiger partial charge in [-0.25, -0.2) is 0 Å². The van der Waals surface area contributed by atoms with Crippen LogP contribution in [0.4, 0.5) is 5.69 Å². The van der Waals surface area contributed by atoms with Gasteiger partial charge in [0.1, 0.15) is 0 Å². The molecule has 0 saturated carbocycles. The van der Waals surface area contributed by atoms with Crippen molar-refractivity contribution in [3.63, 3.8) is 0 Å². The molecule has 1 N–H and O–H groups in total. The second-order valence-corrected chi connectivity index (χ2v) is 5.86. The second kappa shape index (κ2) is 9.06. The minimum Gasteiger partial charge on any atom is -0.378 e. The molecule has 2 aliphatic heterocycles. The van der Waals surface area contributed by atoms with Gasteiger partial charge in [0.2, 0.25) is 0 Å². The van der Waals surface area contributed by atoms with Crippen molar-refractivity contribution in [2.24, 2.45) is 5.92 Å². The van der Waals surface area contributed by atoms with Crippen LogP contribution in [0.15, 0.2) is 24.3 Å². The van der Waals surface area contributed by atoms with Crippen molar-refractivity contribution in [3.8, 4) is 0 Å². The predicted octanol–water partition coefficient (Wildman–Crippen LogP) is 2.81. The number of likely N-dealkylation sites (tertiary alicyclic amines) is 1. The first-order valence-corrected chi connectivity index (χ1v) is 6.94. The van der Waals surface area contributed by atoms with Crippen molar-refractivity contribution in [3.05, 3.63) is 29.8 Å². The van der Waals surface area contributed by atoms with Crippen molar-refractivity contribution < 1.29 is 0 Å². The molecule has 0 bridgehead atoms. The summed E-state index contributed by atoms with van der Waals surface area (Å²) in [6.45, 7) is 4.82. The summed E-state index contributed by atoms with van der Waals surface area (Å²) in [5.41, 5.74) is 2.71. The minimum atomic E-state index is 0. The fraction of sp³-hybridized carbons (Fsp3) is 0.600. The Morgan fingerprint density at radius 3 is 2.33 bits per heavy atom. The van der Waals surface area contributed by atoms with Crippen molar-refractivity contribution in [2.75, 3.05) is 38.6 Å². The van der Waals surface area contributed by atoms with Crippen molar-refractivity contribution in [2.45, 2.75) is 19.0 Å². The second-order valence-electron chi connectivity index (χ2n) is 5.86. The minimum absolute atomic E-state index is 0. The third-order valence-electron chi connectivity index (χ3n) is 4.30. The highest BCUT2D eigenvalue weighted by molar-refractivity contribution is 5.86. The van der Waals surface area contributed by atoms with Crippen LogP contribution in [0.3, 0.4) is 0 Å². The Morgan fingerprint density at radius 1 is 1.10 bits per heavy atom. The molecule has 2 aliphatic rings. The molecule has 2 atom stereocenters. The highest BCUT2D eigenvalue weighted by atomic mass is 35.5. The van der Waals surface area contributed by atoms with E-state index in [1.54, 1.807) is 0 Å². The van der Waals surface area contributed by atoms with Crippen LogP contribution in [-0.4, -0.2) is 44.7 Å². The lowest BCUT2D eigenvalue weighted by atomic mass is 10.1. The third kappa shape index (κ3) is 4.90. The lowest BCUT2D eigenvalue weighted by Crippen LogP contribution is -2.29. The van der Waals surface area contributed by atoms with Gasteiger partial charge in [-0.1, -0.05) is 12.1 Å². The summed E-state index contributed by atoms with van der Waals surface area (Å²) in [6.07, 6.45) is 1.36. The Morgan fingerprint density at radius 2 is 1.76 bits per heavy atom. The van der Waals surface area contributed by atoms with E-state index < -0.39 is 0 Å². The Labute approximate surface area is 146 Å². The van der Waals surface area contributed by atoms with E-state index in [1.807, 2.05) is 0 Å². The molecular weight excluding hydrogens is 329 g/mol. The summed E-state index contributed by atoms with van der Waals surface area (Å²) >= 11 is 0. The average Bonchev–Trinajstić information content (AvgIpc) is 2.90. The first kappa shape index (κ1) is 20.8. The molecule has 0 spiro atoms. The quantitative estimate of drug-likeness (QED) is 0.900. The zero-order valence-electron chi connectivity index (χ0n) is 12.6. The van der Waals surface area contributed by atoms with E-state index in [9.17, 15) is 0 Å². The number of anilines is 1. The standard InChI is InChI=1S/C15H23N3.3ClH/c1-17(2)14-5-3-12(4-6-14)9-18-10-13-7-8-16-15(13)11-18;;;/h3-6,13,15-16H,7-11H2,1-2H3;3*1H/t13-,15+;;;/m1.../s1. The summed E-state index contributed by atoms with van der Waals surface area (Å²) in [4.78, 5) is 4.74. The summed E-state index contributed by atoms with van der Waals surface area (Å²) in [5, 5.41) is 3.61. The maximum absolute atomic E-state index is 3.61. The predicted molar refractivity (Wildman–Crippen MR) is 97.7 cm³/mol. The summed E-state index contributed by atoms with van der Waals surface area (Å²) < 4.78 is 0. The number of rotatable bonds is 3. The molecule has 2 fully saturated rings. The molecule has 6 heteroatoms. The third-order valence-corrected chi connectivity index (χ3v) is 4.30. The Bertz CT molecular complexity index is 399. The van der Waals surface area contributed by atoms with E-state index in [-0.39, 0.29) is 37.2 Å². The van der Waals surface area contributed by atoms with Crippen LogP contribution >= 0.6 is 37.2 Å². The topological polar surface area (TPSA) is 18.5 Å². The maximum Gasteiger partial charge on any atom is 0.0361 e.